The van der Waals surface area contributed by atoms with Crippen molar-refractivity contribution < 1.29 is 21.6 Å². The monoisotopic (exact) mass is 612 g/mol. The molecule has 5 heteroatoms. The summed E-state index contributed by atoms with van der Waals surface area (Å²) in [7, 11) is -3.02. The lowest BCUT2D eigenvalue weighted by atomic mass is 9.99. The Bertz CT molecular complexity index is 652. The lowest BCUT2D eigenvalue weighted by molar-refractivity contribution is -0.0000159. The Hall–Kier alpha value is 0.0169. The molecule has 0 bridgehead atoms. The van der Waals surface area contributed by atoms with Crippen molar-refractivity contribution in [3.8, 4) is 0 Å². The van der Waals surface area contributed by atoms with Crippen LogP contribution in [0, 0.1) is 0 Å². The molecule has 3 rings (SSSR count). The molecule has 0 spiro atoms. The highest BCUT2D eigenvalue weighted by Gasteiger charge is 2.56. The van der Waals surface area contributed by atoms with Crippen LogP contribution in [0.3, 0.4) is 0 Å². The van der Waals surface area contributed by atoms with Crippen molar-refractivity contribution in [3.63, 3.8) is 0 Å². The lowest BCUT2D eigenvalue weighted by Crippen LogP contribution is -3.00. The Balaban J connectivity index is 0.00000560. The molecule has 3 fully saturated rings. The van der Waals surface area contributed by atoms with Gasteiger partial charge in [0, 0.05) is 13.3 Å². The molecule has 3 aliphatic rings. The van der Waals surface area contributed by atoms with Crippen molar-refractivity contribution in [1.82, 2.24) is 0 Å². The van der Waals surface area contributed by atoms with Crippen LogP contribution in [-0.4, -0.2) is 37.6 Å². The molecule has 0 heterocycles. The van der Waals surface area contributed by atoms with Crippen LogP contribution in [0.15, 0.2) is 24.7 Å². The van der Waals surface area contributed by atoms with Gasteiger partial charge in [-0.25, -0.2) is 0 Å². The maximum Gasteiger partial charge on any atom is 0.265 e. The Kier molecular flexibility index (Phi) is 17.5. The van der Waals surface area contributed by atoms with Gasteiger partial charge in [0.2, 0.25) is 0 Å². The molecule has 3 saturated carbocycles. The fourth-order valence-electron chi connectivity index (χ4n) is 8.52. The third kappa shape index (κ3) is 9.77. The number of unbranched alkanes of at least 4 members (excludes halogenated alkanes) is 2. The van der Waals surface area contributed by atoms with Crippen LogP contribution < -0.4 is 12.4 Å². The van der Waals surface area contributed by atoms with E-state index in [1.807, 2.05) is 6.08 Å². The fraction of sp³-hybridized carbons (Fsp3) is 0.886. The molecular weight excluding hydrogens is 547 g/mol. The average Bonchev–Trinajstić information content (AvgIpc) is 3.01. The zero-order valence-electron chi connectivity index (χ0n) is 27.1. The summed E-state index contributed by atoms with van der Waals surface area (Å²) in [5.74, 6) is 0.917. The normalized spacial score (nSPS) is 21.4. The lowest BCUT2D eigenvalue weighted by Gasteiger charge is -2.48. The summed E-state index contributed by atoms with van der Waals surface area (Å²) in [6.45, 7) is 13.5. The molecule has 0 N–H and O–H groups in total. The van der Waals surface area contributed by atoms with Crippen molar-refractivity contribution in [2.75, 3.05) is 6.16 Å². The molecule has 2 nitrogen and oxygen atoms in total. The van der Waals surface area contributed by atoms with Crippen molar-refractivity contribution in [1.29, 1.82) is 0 Å². The van der Waals surface area contributed by atoms with Gasteiger partial charge in [0.15, 0.2) is 0 Å². The molecule has 234 valence electrons. The Morgan fingerprint density at radius 2 is 1.20 bits per heavy atom. The summed E-state index contributed by atoms with van der Waals surface area (Å²) < 4.78 is 14.0. The average molecular weight is 613 g/mol. The molecule has 0 aliphatic heterocycles. The van der Waals surface area contributed by atoms with Gasteiger partial charge in [-0.15, -0.1) is 0 Å². The van der Waals surface area contributed by atoms with E-state index in [4.69, 9.17) is 9.16 Å². The molecule has 0 aromatic carbocycles. The largest absolute Gasteiger partial charge is 1.00 e. The molecule has 0 aromatic rings. The zero-order chi connectivity index (χ0) is 28.0. The van der Waals surface area contributed by atoms with E-state index in [9.17, 15) is 0 Å². The first-order valence-corrected chi connectivity index (χ1v) is 22.3. The molecule has 3 aliphatic carbocycles. The van der Waals surface area contributed by atoms with E-state index in [1.54, 1.807) is 0 Å². The molecule has 40 heavy (non-hydrogen) atoms. The Labute approximate surface area is 258 Å². The van der Waals surface area contributed by atoms with Gasteiger partial charge in [0.05, 0.1) is 23.1 Å². The first-order chi connectivity index (χ1) is 19.1. The van der Waals surface area contributed by atoms with E-state index >= 15 is 0 Å². The third-order valence-corrected chi connectivity index (χ3v) is 22.2. The fourth-order valence-corrected chi connectivity index (χ4v) is 18.1. The summed E-state index contributed by atoms with van der Waals surface area (Å²) >= 11 is 0. The number of ether oxygens (including phenoxy) is 1. The van der Waals surface area contributed by atoms with Crippen molar-refractivity contribution in [3.05, 3.63) is 24.7 Å². The maximum absolute atomic E-state index is 7.13. The highest BCUT2D eigenvalue weighted by atomic mass is 35.5. The number of halogens is 1. The van der Waals surface area contributed by atoms with Crippen LogP contribution in [0.2, 0.25) is 18.1 Å². The quantitative estimate of drug-likeness (QED) is 0.0536. The zero-order valence-corrected chi connectivity index (χ0v) is 29.7. The number of allylic oxidation sites excluding steroid dienone is 1. The van der Waals surface area contributed by atoms with E-state index < -0.39 is 15.6 Å². The summed E-state index contributed by atoms with van der Waals surface area (Å²) in [5.41, 5.74) is 3.00. The minimum atomic E-state index is -1.83. The van der Waals surface area contributed by atoms with E-state index in [0.717, 1.165) is 29.3 Å². The van der Waals surface area contributed by atoms with E-state index in [2.05, 4.69) is 40.3 Å². The van der Waals surface area contributed by atoms with E-state index in [0.29, 0.717) is 0 Å². The second-order valence-corrected chi connectivity index (χ2v) is 22.5. The van der Waals surface area contributed by atoms with E-state index in [1.165, 1.54) is 140 Å². The highest BCUT2D eigenvalue weighted by Crippen LogP contribution is 2.77. The molecule has 0 radical (unpaired) electrons. The number of hydrogen-bond donors (Lipinski definition) is 0. The van der Waals surface area contributed by atoms with E-state index in [-0.39, 0.29) is 18.5 Å². The van der Waals surface area contributed by atoms with Crippen LogP contribution in [-0.2, 0) is 9.16 Å². The van der Waals surface area contributed by atoms with Gasteiger partial charge in [0.1, 0.15) is 6.10 Å². The van der Waals surface area contributed by atoms with Gasteiger partial charge in [-0.3, -0.25) is 0 Å². The predicted molar refractivity (Wildman–Crippen MR) is 178 cm³/mol. The topological polar surface area (TPSA) is 18.5 Å². The SMILES string of the molecule is C=CC(CCCCC)O/C(=C/C[P+](C1CCCCC1)(C1CCCCC1)C1CCCCC1)O[Si](CC)(CC)CC.[Cl-]. The minimum Gasteiger partial charge on any atom is -1.00 e. The molecule has 1 unspecified atom stereocenters. The highest BCUT2D eigenvalue weighted by molar-refractivity contribution is 7.78. The van der Waals surface area contributed by atoms with Gasteiger partial charge < -0.3 is 21.6 Å². The maximum atomic E-state index is 7.13. The van der Waals surface area contributed by atoms with Gasteiger partial charge in [-0.2, -0.15) is 0 Å². The van der Waals surface area contributed by atoms with Crippen LogP contribution in [0.4, 0.5) is 0 Å². The second-order valence-electron chi connectivity index (χ2n) is 13.3. The van der Waals surface area contributed by atoms with Crippen molar-refractivity contribution >= 4 is 15.6 Å². The Morgan fingerprint density at radius 3 is 1.57 bits per heavy atom. The van der Waals surface area contributed by atoms with Crippen LogP contribution in [0.5, 0.6) is 0 Å². The number of hydrogen-bond acceptors (Lipinski definition) is 2. The molecular formula is C35H66ClO2PSi. The predicted octanol–water partition coefficient (Wildman–Crippen LogP) is 9.02. The van der Waals surface area contributed by atoms with Crippen LogP contribution >= 0.6 is 7.26 Å². The third-order valence-electron chi connectivity index (χ3n) is 11.2. The first-order valence-electron chi connectivity index (χ1n) is 17.6. The summed E-state index contributed by atoms with van der Waals surface area (Å²) in [5, 5.41) is 0. The minimum absolute atomic E-state index is 0. The first kappa shape index (κ1) is 36.2. The van der Waals surface area contributed by atoms with Crippen molar-refractivity contribution in [2.45, 2.75) is 191 Å². The smallest absolute Gasteiger partial charge is 0.265 e. The summed E-state index contributed by atoms with van der Waals surface area (Å²) in [4.78, 5) is 0. The number of rotatable bonds is 17. The van der Waals surface area contributed by atoms with Gasteiger partial charge in [-0.1, -0.05) is 72.5 Å². The second kappa shape index (κ2) is 19.3. The molecule has 0 aromatic heterocycles. The van der Waals surface area contributed by atoms with Crippen LogP contribution in [0.25, 0.3) is 0 Å². The standard InChI is InChI=1S/C35H66O2PSi.ClH/c1-6-11-15-22-31(7-2)36-35(37-39(8-3,9-4)10-5)29-30-38(32-23-16-12-17-24-32,33-25-18-13-19-26-33)34-27-20-14-21-28-34;/h7,29,31-34H,2,6,8-28,30H2,1,3-5H3;1H/q+1;/p-1/b35-29-;. The van der Waals surface area contributed by atoms with Gasteiger partial charge in [0.25, 0.3) is 14.3 Å². The summed E-state index contributed by atoms with van der Waals surface area (Å²) in [6.07, 6.45) is 33.1. The summed E-state index contributed by atoms with van der Waals surface area (Å²) in [6, 6.07) is 3.51. The van der Waals surface area contributed by atoms with Gasteiger partial charge in [-0.05, 0) is 108 Å². The van der Waals surface area contributed by atoms with Crippen LogP contribution in [0.1, 0.15) is 150 Å². The van der Waals surface area contributed by atoms with Gasteiger partial charge >= 0.3 is 0 Å². The van der Waals surface area contributed by atoms with Crippen molar-refractivity contribution in [2.24, 2.45) is 0 Å². The molecule has 0 saturated heterocycles. The Morgan fingerprint density at radius 1 is 0.750 bits per heavy atom. The molecule has 1 atom stereocenters. The molecule has 0 amide bonds.